The molecule has 1 aliphatic heterocycles. The third-order valence-corrected chi connectivity index (χ3v) is 14.2. The highest BCUT2D eigenvalue weighted by atomic mass is 16.7. The average Bonchev–Trinajstić information content (AvgIpc) is 3.39. The monoisotopic (exact) mass is 924 g/mol. The van der Waals surface area contributed by atoms with Crippen molar-refractivity contribution in [2.45, 2.75) is 82.6 Å². The maximum atomic E-state index is 15.4. The number of unbranched alkanes of at least 4 members (excludes halogenated alkanes) is 2. The molecule has 1 saturated carbocycles. The second-order valence-corrected chi connectivity index (χ2v) is 18.6. The zero-order chi connectivity index (χ0) is 47.6. The van der Waals surface area contributed by atoms with Crippen molar-refractivity contribution in [2.75, 3.05) is 26.4 Å². The quantitative estimate of drug-likeness (QED) is 0.0420. The molecule has 9 rings (SSSR count). The molecule has 2 N–H and O–H groups in total. The summed E-state index contributed by atoms with van der Waals surface area (Å²) in [5, 5.41) is 27.2. The second kappa shape index (κ2) is 22.3. The molecule has 3 aliphatic rings. The van der Waals surface area contributed by atoms with Gasteiger partial charge in [0.2, 0.25) is 5.79 Å². The summed E-state index contributed by atoms with van der Waals surface area (Å²) in [6.07, 6.45) is 9.84. The summed E-state index contributed by atoms with van der Waals surface area (Å²) >= 11 is 0. The van der Waals surface area contributed by atoms with E-state index in [4.69, 9.17) is 24.2 Å². The standard InChI is InChI=1S/C60H64N2O7/c1-3-33-62(59(65)48-26-25-44-21-11-12-22-46(44)37-48)56-40-54(61-67-41-42-17-7-5-8-18-42)52-38-47(23-13-15-34-63)51(24-14-16-35-64)57-53-39-50(31-32-55(53)69-60(56,58(52)57)66-36-4-2)68-49-29-27-45(28-30-49)43-19-9-6-10-20-43/h4-12,17-22,25-32,37-39,47,51,56-58,63-64H,2-3,13-16,23-24,33-36,40-41H2,1H3. The molecule has 2 aliphatic carbocycles. The number of aliphatic hydroxyl groups excluding tert-OH is 2. The van der Waals surface area contributed by atoms with Gasteiger partial charge >= 0.3 is 0 Å². The molecule has 6 unspecified atom stereocenters. The van der Waals surface area contributed by atoms with Crippen molar-refractivity contribution in [3.05, 3.63) is 187 Å². The number of fused-ring (bicyclic) bond motifs is 3. The second-order valence-electron chi connectivity index (χ2n) is 18.6. The first kappa shape index (κ1) is 47.5. The highest BCUT2D eigenvalue weighted by Crippen LogP contribution is 2.62. The van der Waals surface area contributed by atoms with E-state index in [-0.39, 0.29) is 50.1 Å². The third-order valence-electron chi connectivity index (χ3n) is 14.2. The van der Waals surface area contributed by atoms with Gasteiger partial charge in [0.15, 0.2) is 0 Å². The zero-order valence-corrected chi connectivity index (χ0v) is 39.6. The molecule has 356 valence electrons. The van der Waals surface area contributed by atoms with Crippen molar-refractivity contribution < 1.29 is 34.1 Å². The fourth-order valence-corrected chi connectivity index (χ4v) is 11.1. The van der Waals surface area contributed by atoms with E-state index in [0.29, 0.717) is 55.0 Å². The topological polar surface area (TPSA) is 110 Å². The molecule has 0 bridgehead atoms. The third kappa shape index (κ3) is 10.3. The Bertz CT molecular complexity index is 2740. The smallest absolute Gasteiger partial charge is 0.254 e. The van der Waals surface area contributed by atoms with Gasteiger partial charge in [0, 0.05) is 43.2 Å². The van der Waals surface area contributed by atoms with Gasteiger partial charge < -0.3 is 34.2 Å². The fraction of sp³-hybridized carbons (Fsp3) is 0.333. The van der Waals surface area contributed by atoms with E-state index in [9.17, 15) is 10.2 Å². The number of ether oxygens (including phenoxy) is 3. The zero-order valence-electron chi connectivity index (χ0n) is 39.6. The lowest BCUT2D eigenvalue weighted by atomic mass is 9.55. The van der Waals surface area contributed by atoms with Crippen molar-refractivity contribution in [3.63, 3.8) is 0 Å². The van der Waals surface area contributed by atoms with E-state index >= 15 is 4.79 Å². The van der Waals surface area contributed by atoms with E-state index < -0.39 is 17.7 Å². The molecule has 9 heteroatoms. The number of carbonyl (C=O) groups excluding carboxylic acids is 1. The number of hydrogen-bond donors (Lipinski definition) is 2. The summed E-state index contributed by atoms with van der Waals surface area (Å²) < 4.78 is 21.5. The molecule has 1 fully saturated rings. The minimum atomic E-state index is -1.38. The molecular weight excluding hydrogens is 861 g/mol. The number of benzene rings is 6. The molecule has 1 amide bonds. The van der Waals surface area contributed by atoms with Crippen molar-refractivity contribution >= 4 is 22.4 Å². The van der Waals surface area contributed by atoms with Crippen LogP contribution >= 0.6 is 0 Å². The highest BCUT2D eigenvalue weighted by molar-refractivity contribution is 6.04. The molecule has 0 spiro atoms. The van der Waals surface area contributed by atoms with Crippen LogP contribution in [0.4, 0.5) is 0 Å². The fourth-order valence-electron chi connectivity index (χ4n) is 11.1. The number of nitrogens with zero attached hydrogens (tertiary/aromatic N) is 2. The van der Waals surface area contributed by atoms with Crippen LogP contribution in [0.25, 0.3) is 21.9 Å². The predicted octanol–water partition coefficient (Wildman–Crippen LogP) is 12.7. The minimum absolute atomic E-state index is 0.0693. The number of hydrogen-bond acceptors (Lipinski definition) is 8. The summed E-state index contributed by atoms with van der Waals surface area (Å²) in [6, 6.07) is 47.9. The summed E-state index contributed by atoms with van der Waals surface area (Å²) in [5.74, 6) is 0.0989. The molecule has 6 atom stereocenters. The Morgan fingerprint density at radius 3 is 2.23 bits per heavy atom. The van der Waals surface area contributed by atoms with E-state index in [1.54, 1.807) is 6.08 Å². The van der Waals surface area contributed by atoms with Crippen molar-refractivity contribution in [1.29, 1.82) is 0 Å². The molecule has 6 aromatic rings. The van der Waals surface area contributed by atoms with Gasteiger partial charge in [-0.2, -0.15) is 0 Å². The van der Waals surface area contributed by atoms with Gasteiger partial charge in [-0.05, 0) is 119 Å². The molecule has 6 aromatic carbocycles. The maximum absolute atomic E-state index is 15.4. The Kier molecular flexibility index (Phi) is 15.3. The number of carbonyl (C=O) groups is 1. The Morgan fingerprint density at radius 2 is 1.49 bits per heavy atom. The first-order valence-electron chi connectivity index (χ1n) is 24.8. The average molecular weight is 925 g/mol. The number of oxime groups is 1. The molecule has 1 heterocycles. The van der Waals surface area contributed by atoms with Crippen LogP contribution in [0.1, 0.15) is 85.7 Å². The van der Waals surface area contributed by atoms with Crippen molar-refractivity contribution in [3.8, 4) is 28.4 Å². The van der Waals surface area contributed by atoms with Crippen LogP contribution in [0, 0.1) is 17.8 Å². The first-order valence-corrected chi connectivity index (χ1v) is 24.8. The molecule has 0 radical (unpaired) electrons. The van der Waals surface area contributed by atoms with Gasteiger partial charge in [-0.3, -0.25) is 4.79 Å². The largest absolute Gasteiger partial charge is 0.459 e. The Hall–Kier alpha value is -6.52. The van der Waals surface area contributed by atoms with Gasteiger partial charge in [-0.25, -0.2) is 0 Å². The Morgan fingerprint density at radius 1 is 0.797 bits per heavy atom. The van der Waals surface area contributed by atoms with Crippen LogP contribution in [0.15, 0.2) is 175 Å². The van der Waals surface area contributed by atoms with Gasteiger partial charge in [0.1, 0.15) is 29.9 Å². The molecular formula is C60H64N2O7. The Balaban J connectivity index is 1.21. The minimum Gasteiger partial charge on any atom is -0.459 e. The molecule has 9 nitrogen and oxygen atoms in total. The van der Waals surface area contributed by atoms with Crippen molar-refractivity contribution in [1.82, 2.24) is 4.90 Å². The number of aliphatic hydroxyl groups is 2. The van der Waals surface area contributed by atoms with Gasteiger partial charge in [0.05, 0.1) is 18.2 Å². The van der Waals surface area contributed by atoms with E-state index in [0.717, 1.165) is 70.0 Å². The van der Waals surface area contributed by atoms with Crippen LogP contribution in [-0.4, -0.2) is 64.9 Å². The lowest BCUT2D eigenvalue weighted by molar-refractivity contribution is -0.254. The summed E-state index contributed by atoms with van der Waals surface area (Å²) in [4.78, 5) is 23.7. The predicted molar refractivity (Wildman–Crippen MR) is 273 cm³/mol. The number of allylic oxidation sites excluding steroid dienone is 1. The van der Waals surface area contributed by atoms with Crippen LogP contribution in [0.5, 0.6) is 17.2 Å². The lowest BCUT2D eigenvalue weighted by Crippen LogP contribution is -2.70. The van der Waals surface area contributed by atoms with E-state index in [1.807, 2.05) is 114 Å². The number of amides is 1. The highest BCUT2D eigenvalue weighted by Gasteiger charge is 2.65. The summed E-state index contributed by atoms with van der Waals surface area (Å²) in [6.45, 7) is 7.32. The van der Waals surface area contributed by atoms with E-state index in [2.05, 4.69) is 56.0 Å². The maximum Gasteiger partial charge on any atom is 0.254 e. The lowest BCUT2D eigenvalue weighted by Gasteiger charge is -2.60. The van der Waals surface area contributed by atoms with Crippen LogP contribution < -0.4 is 9.47 Å². The molecule has 0 saturated heterocycles. The Labute approximate surface area is 406 Å². The first-order chi connectivity index (χ1) is 33.9. The van der Waals surface area contributed by atoms with Gasteiger partial charge in [-0.15, -0.1) is 6.58 Å². The van der Waals surface area contributed by atoms with Crippen LogP contribution in [-0.2, 0) is 16.2 Å². The number of rotatable bonds is 21. The SMILES string of the molecule is C=CCOC12Oc3ccc(Oc4ccc(-c5ccccc5)cc4)cc3C3C(CCCCO)C(CCCCO)C=C(C(=NOCc4ccccc4)CC1N(CCC)C(=O)c1ccc4ccccc4c1)C32. The van der Waals surface area contributed by atoms with Crippen LogP contribution in [0.3, 0.4) is 0 Å². The van der Waals surface area contributed by atoms with Gasteiger partial charge in [-0.1, -0.05) is 140 Å². The van der Waals surface area contributed by atoms with Crippen molar-refractivity contribution in [2.24, 2.45) is 22.9 Å². The summed E-state index contributed by atoms with van der Waals surface area (Å²) in [5.41, 5.74) is 6.56. The van der Waals surface area contributed by atoms with Gasteiger partial charge in [0.25, 0.3) is 5.91 Å². The van der Waals surface area contributed by atoms with Crippen LogP contribution in [0.2, 0.25) is 0 Å². The van der Waals surface area contributed by atoms with E-state index in [1.165, 1.54) is 0 Å². The summed E-state index contributed by atoms with van der Waals surface area (Å²) in [7, 11) is 0. The molecule has 0 aromatic heterocycles. The molecule has 69 heavy (non-hydrogen) atoms. The normalized spacial score (nSPS) is 21.9.